The average molecular weight is 248 g/mol. The van der Waals surface area contributed by atoms with E-state index < -0.39 is 0 Å². The van der Waals surface area contributed by atoms with Gasteiger partial charge < -0.3 is 4.57 Å². The fourth-order valence-corrected chi connectivity index (χ4v) is 2.29. The molecule has 0 saturated carbocycles. The van der Waals surface area contributed by atoms with Crippen LogP contribution < -0.4 is 0 Å². The van der Waals surface area contributed by atoms with Crippen LogP contribution in [0.2, 0.25) is 0 Å². The Morgan fingerprint density at radius 1 is 1.12 bits per heavy atom. The molecule has 0 atom stereocenters. The Bertz CT molecular complexity index is 502. The maximum absolute atomic E-state index is 4.47. The van der Waals surface area contributed by atoms with Crippen molar-refractivity contribution in [1.29, 1.82) is 0 Å². The van der Waals surface area contributed by atoms with Crippen molar-refractivity contribution in [2.24, 2.45) is 0 Å². The molecule has 0 aliphatic heterocycles. The lowest BCUT2D eigenvalue weighted by molar-refractivity contribution is 0.615. The topological polar surface area (TPSA) is 17.8 Å². The minimum atomic E-state index is 0.989. The molecular weight excluding hydrogens is 228 g/mol. The number of aryl methyl sites for hydroxylation is 3. The third-order valence-electron chi connectivity index (χ3n) is 3.29. The second-order valence-electron chi connectivity index (χ2n) is 4.65. The standard InChI is InChI=1S/C14H20N2S/c1-11-8-13-14(9-12(11)2)16(10-15-13)6-4-3-5-7-17/h8-10,17H,3-7H2,1-2H3. The third-order valence-corrected chi connectivity index (χ3v) is 3.61. The van der Waals surface area contributed by atoms with Crippen molar-refractivity contribution in [3.05, 3.63) is 29.6 Å². The minimum absolute atomic E-state index is 0.989. The third kappa shape index (κ3) is 2.83. The van der Waals surface area contributed by atoms with Gasteiger partial charge in [-0.05, 0) is 55.7 Å². The van der Waals surface area contributed by atoms with Gasteiger partial charge >= 0.3 is 0 Å². The molecule has 0 bridgehead atoms. The van der Waals surface area contributed by atoms with E-state index in [1.54, 1.807) is 0 Å². The summed E-state index contributed by atoms with van der Waals surface area (Å²) in [5, 5.41) is 0. The first-order chi connectivity index (χ1) is 8.22. The number of thiol groups is 1. The maximum atomic E-state index is 4.47. The van der Waals surface area contributed by atoms with Crippen LogP contribution in [0.25, 0.3) is 11.0 Å². The van der Waals surface area contributed by atoms with Crippen molar-refractivity contribution < 1.29 is 0 Å². The van der Waals surface area contributed by atoms with E-state index in [9.17, 15) is 0 Å². The van der Waals surface area contributed by atoms with Crippen molar-refractivity contribution in [2.45, 2.75) is 39.7 Å². The second-order valence-corrected chi connectivity index (χ2v) is 5.09. The van der Waals surface area contributed by atoms with Gasteiger partial charge in [0.15, 0.2) is 0 Å². The molecule has 0 amide bonds. The predicted octanol–water partition coefficient (Wildman–Crippen LogP) is 3.75. The highest BCUT2D eigenvalue weighted by Crippen LogP contribution is 2.18. The molecule has 2 rings (SSSR count). The lowest BCUT2D eigenvalue weighted by Crippen LogP contribution is -1.96. The lowest BCUT2D eigenvalue weighted by Gasteiger charge is -2.05. The van der Waals surface area contributed by atoms with Crippen LogP contribution in [0.5, 0.6) is 0 Å². The Labute approximate surface area is 108 Å². The normalized spacial score (nSPS) is 11.2. The summed E-state index contributed by atoms with van der Waals surface area (Å²) in [6.07, 6.45) is 5.62. The zero-order valence-electron chi connectivity index (χ0n) is 10.6. The molecule has 2 nitrogen and oxygen atoms in total. The number of benzene rings is 1. The van der Waals surface area contributed by atoms with Crippen LogP contribution in [0.15, 0.2) is 18.5 Å². The molecule has 0 aliphatic carbocycles. The molecule has 0 N–H and O–H groups in total. The van der Waals surface area contributed by atoms with Crippen LogP contribution >= 0.6 is 12.6 Å². The van der Waals surface area contributed by atoms with Crippen LogP contribution in [0.4, 0.5) is 0 Å². The maximum Gasteiger partial charge on any atom is 0.0958 e. The molecule has 0 spiro atoms. The molecule has 2 aromatic rings. The summed E-state index contributed by atoms with van der Waals surface area (Å²) < 4.78 is 2.26. The summed E-state index contributed by atoms with van der Waals surface area (Å²) in [6.45, 7) is 5.36. The number of nitrogens with zero attached hydrogens (tertiary/aromatic N) is 2. The zero-order chi connectivity index (χ0) is 12.3. The largest absolute Gasteiger partial charge is 0.331 e. The van der Waals surface area contributed by atoms with E-state index in [-0.39, 0.29) is 0 Å². The number of rotatable bonds is 5. The van der Waals surface area contributed by atoms with Gasteiger partial charge in [-0.3, -0.25) is 0 Å². The molecule has 3 heteroatoms. The lowest BCUT2D eigenvalue weighted by atomic mass is 10.1. The van der Waals surface area contributed by atoms with E-state index in [2.05, 4.69) is 48.2 Å². The Hall–Kier alpha value is -0.960. The van der Waals surface area contributed by atoms with Gasteiger partial charge in [-0.15, -0.1) is 0 Å². The highest BCUT2D eigenvalue weighted by Gasteiger charge is 2.04. The van der Waals surface area contributed by atoms with Crippen molar-refractivity contribution in [2.75, 3.05) is 5.75 Å². The van der Waals surface area contributed by atoms with Gasteiger partial charge in [-0.2, -0.15) is 12.6 Å². The van der Waals surface area contributed by atoms with E-state index in [1.807, 2.05) is 6.33 Å². The van der Waals surface area contributed by atoms with Gasteiger partial charge in [-0.1, -0.05) is 6.42 Å². The fourth-order valence-electron chi connectivity index (χ4n) is 2.06. The van der Waals surface area contributed by atoms with Gasteiger partial charge in [0, 0.05) is 6.54 Å². The number of hydrogen-bond donors (Lipinski definition) is 1. The van der Waals surface area contributed by atoms with Gasteiger partial charge in [0.05, 0.1) is 17.4 Å². The smallest absolute Gasteiger partial charge is 0.0958 e. The predicted molar refractivity (Wildman–Crippen MR) is 76.9 cm³/mol. The number of unbranched alkanes of at least 4 members (excludes halogenated alkanes) is 2. The van der Waals surface area contributed by atoms with Crippen molar-refractivity contribution in [3.8, 4) is 0 Å². The van der Waals surface area contributed by atoms with E-state index >= 15 is 0 Å². The zero-order valence-corrected chi connectivity index (χ0v) is 11.5. The summed E-state index contributed by atoms with van der Waals surface area (Å²) in [5.41, 5.74) is 5.04. The van der Waals surface area contributed by atoms with Gasteiger partial charge in [0.1, 0.15) is 0 Å². The molecule has 1 heterocycles. The Balaban J connectivity index is 2.15. The molecular formula is C14H20N2S. The Kier molecular flexibility index (Phi) is 4.11. The van der Waals surface area contributed by atoms with E-state index in [0.29, 0.717) is 0 Å². The number of aromatic nitrogens is 2. The monoisotopic (exact) mass is 248 g/mol. The van der Waals surface area contributed by atoms with Crippen LogP contribution in [0.3, 0.4) is 0 Å². The second kappa shape index (κ2) is 5.58. The highest BCUT2D eigenvalue weighted by atomic mass is 32.1. The average Bonchev–Trinajstić information content (AvgIpc) is 2.68. The minimum Gasteiger partial charge on any atom is -0.331 e. The van der Waals surface area contributed by atoms with Gasteiger partial charge in [0.25, 0.3) is 0 Å². The summed E-state index contributed by atoms with van der Waals surface area (Å²) in [6, 6.07) is 4.42. The summed E-state index contributed by atoms with van der Waals surface area (Å²) >= 11 is 4.23. The molecule has 0 aliphatic rings. The first-order valence-corrected chi connectivity index (χ1v) is 6.88. The first kappa shape index (κ1) is 12.5. The molecule has 0 saturated heterocycles. The van der Waals surface area contributed by atoms with Crippen molar-refractivity contribution in [3.63, 3.8) is 0 Å². The number of hydrogen-bond acceptors (Lipinski definition) is 2. The first-order valence-electron chi connectivity index (χ1n) is 6.25. The van der Waals surface area contributed by atoms with Crippen LogP contribution in [0.1, 0.15) is 30.4 Å². The SMILES string of the molecule is Cc1cc2ncn(CCCCCS)c2cc1C. The summed E-state index contributed by atoms with van der Waals surface area (Å²) in [4.78, 5) is 4.47. The molecule has 0 radical (unpaired) electrons. The molecule has 1 aromatic heterocycles. The fraction of sp³-hybridized carbons (Fsp3) is 0.500. The Morgan fingerprint density at radius 2 is 1.88 bits per heavy atom. The summed E-state index contributed by atoms with van der Waals surface area (Å²) in [7, 11) is 0. The molecule has 0 fully saturated rings. The van der Waals surface area contributed by atoms with E-state index in [1.165, 1.54) is 35.9 Å². The summed E-state index contributed by atoms with van der Waals surface area (Å²) in [5.74, 6) is 0.989. The molecule has 0 unspecified atom stereocenters. The van der Waals surface area contributed by atoms with Crippen LogP contribution in [0, 0.1) is 13.8 Å². The van der Waals surface area contributed by atoms with E-state index in [0.717, 1.165) is 17.8 Å². The Morgan fingerprint density at radius 3 is 2.65 bits per heavy atom. The van der Waals surface area contributed by atoms with Gasteiger partial charge in [0.2, 0.25) is 0 Å². The quantitative estimate of drug-likeness (QED) is 0.630. The van der Waals surface area contributed by atoms with Crippen LogP contribution in [-0.4, -0.2) is 15.3 Å². The highest BCUT2D eigenvalue weighted by molar-refractivity contribution is 7.80. The molecule has 92 valence electrons. The number of imidazole rings is 1. The van der Waals surface area contributed by atoms with Gasteiger partial charge in [-0.25, -0.2) is 4.98 Å². The number of fused-ring (bicyclic) bond motifs is 1. The van der Waals surface area contributed by atoms with E-state index in [4.69, 9.17) is 0 Å². The van der Waals surface area contributed by atoms with Crippen LogP contribution in [-0.2, 0) is 6.54 Å². The van der Waals surface area contributed by atoms with Crippen molar-refractivity contribution >= 4 is 23.7 Å². The molecule has 17 heavy (non-hydrogen) atoms. The molecule has 1 aromatic carbocycles. The van der Waals surface area contributed by atoms with Crippen molar-refractivity contribution in [1.82, 2.24) is 9.55 Å².